The van der Waals surface area contributed by atoms with E-state index in [4.69, 9.17) is 9.57 Å². The van der Waals surface area contributed by atoms with Gasteiger partial charge in [-0.3, -0.25) is 19.7 Å². The third-order valence-electron chi connectivity index (χ3n) is 2.18. The molecule has 1 rings (SSSR count). The number of rotatable bonds is 4. The number of hydroxylamine groups is 2. The lowest BCUT2D eigenvalue weighted by Gasteiger charge is -2.13. The lowest BCUT2D eigenvalue weighted by atomic mass is 10.1. The standard InChI is InChI=1S/C10H12N2O5/c1-11(17-3)10(13)7-4-5-9(16-2)8(6-7)12(14)15/h4-6H,1-3H3. The molecule has 1 amide bonds. The van der Waals surface area contributed by atoms with Gasteiger partial charge >= 0.3 is 5.69 Å². The monoisotopic (exact) mass is 240 g/mol. The van der Waals surface area contributed by atoms with Gasteiger partial charge in [-0.25, -0.2) is 5.06 Å². The zero-order valence-electron chi connectivity index (χ0n) is 9.67. The summed E-state index contributed by atoms with van der Waals surface area (Å²) >= 11 is 0. The first-order valence-corrected chi connectivity index (χ1v) is 4.65. The smallest absolute Gasteiger partial charge is 0.311 e. The Morgan fingerprint density at radius 3 is 2.53 bits per heavy atom. The number of nitro benzene ring substituents is 1. The van der Waals surface area contributed by atoms with Gasteiger partial charge in [0.05, 0.1) is 19.1 Å². The van der Waals surface area contributed by atoms with Gasteiger partial charge in [0, 0.05) is 18.7 Å². The second kappa shape index (κ2) is 5.26. The number of nitrogens with zero attached hydrogens (tertiary/aromatic N) is 2. The Balaban J connectivity index is 3.16. The molecular weight excluding hydrogens is 228 g/mol. The summed E-state index contributed by atoms with van der Waals surface area (Å²) in [6, 6.07) is 3.95. The average Bonchev–Trinajstić information content (AvgIpc) is 2.35. The Morgan fingerprint density at radius 1 is 1.41 bits per heavy atom. The molecule has 0 heterocycles. The van der Waals surface area contributed by atoms with Crippen LogP contribution in [0.4, 0.5) is 5.69 Å². The fourth-order valence-electron chi connectivity index (χ4n) is 1.23. The van der Waals surface area contributed by atoms with E-state index in [0.29, 0.717) is 0 Å². The van der Waals surface area contributed by atoms with Gasteiger partial charge in [0.2, 0.25) is 0 Å². The first kappa shape index (κ1) is 12.9. The van der Waals surface area contributed by atoms with Crippen molar-refractivity contribution in [2.24, 2.45) is 0 Å². The van der Waals surface area contributed by atoms with E-state index in [1.807, 2.05) is 0 Å². The molecule has 0 aliphatic heterocycles. The molecule has 0 aliphatic carbocycles. The number of methoxy groups -OCH3 is 1. The van der Waals surface area contributed by atoms with Gasteiger partial charge in [-0.05, 0) is 12.1 Å². The predicted molar refractivity (Wildman–Crippen MR) is 58.8 cm³/mol. The second-order valence-electron chi connectivity index (χ2n) is 3.13. The van der Waals surface area contributed by atoms with Gasteiger partial charge in [0.1, 0.15) is 0 Å². The summed E-state index contributed by atoms with van der Waals surface area (Å²) in [5, 5.41) is 11.7. The number of ether oxygens (including phenoxy) is 1. The molecule has 0 bridgehead atoms. The molecule has 0 saturated carbocycles. The summed E-state index contributed by atoms with van der Waals surface area (Å²) in [5.74, 6) is -0.370. The summed E-state index contributed by atoms with van der Waals surface area (Å²) in [7, 11) is 4.07. The zero-order valence-corrected chi connectivity index (χ0v) is 9.67. The highest BCUT2D eigenvalue weighted by atomic mass is 16.7. The van der Waals surface area contributed by atoms with Crippen molar-refractivity contribution in [3.63, 3.8) is 0 Å². The topological polar surface area (TPSA) is 81.9 Å². The Kier molecular flexibility index (Phi) is 4.00. The number of carbonyl (C=O) groups excluding carboxylic acids is 1. The number of amides is 1. The molecule has 1 aromatic rings. The SMILES string of the molecule is COc1ccc(C(=O)N(C)OC)cc1[N+](=O)[O-]. The number of benzene rings is 1. The van der Waals surface area contributed by atoms with Crippen molar-refractivity contribution in [3.8, 4) is 5.75 Å². The van der Waals surface area contributed by atoms with Crippen molar-refractivity contribution in [3.05, 3.63) is 33.9 Å². The van der Waals surface area contributed by atoms with Crippen LogP contribution in [0.25, 0.3) is 0 Å². The molecule has 7 heteroatoms. The molecule has 17 heavy (non-hydrogen) atoms. The van der Waals surface area contributed by atoms with Crippen molar-refractivity contribution >= 4 is 11.6 Å². The molecule has 0 aromatic heterocycles. The second-order valence-corrected chi connectivity index (χ2v) is 3.13. The summed E-state index contributed by atoms with van der Waals surface area (Å²) in [6.07, 6.45) is 0. The minimum atomic E-state index is -0.609. The molecule has 0 atom stereocenters. The van der Waals surface area contributed by atoms with E-state index < -0.39 is 10.8 Å². The zero-order chi connectivity index (χ0) is 13.0. The fraction of sp³-hybridized carbons (Fsp3) is 0.300. The van der Waals surface area contributed by atoms with Crippen molar-refractivity contribution < 1.29 is 19.3 Å². The van der Waals surface area contributed by atoms with Crippen LogP contribution in [0.2, 0.25) is 0 Å². The third-order valence-corrected chi connectivity index (χ3v) is 2.18. The number of nitro groups is 1. The van der Waals surface area contributed by atoms with Crippen LogP contribution in [-0.4, -0.2) is 37.2 Å². The van der Waals surface area contributed by atoms with Crippen LogP contribution in [-0.2, 0) is 4.84 Å². The van der Waals surface area contributed by atoms with E-state index >= 15 is 0 Å². The van der Waals surface area contributed by atoms with Crippen LogP contribution in [0.5, 0.6) is 5.75 Å². The molecule has 0 fully saturated rings. The normalized spacial score (nSPS) is 9.82. The molecule has 92 valence electrons. The summed E-state index contributed by atoms with van der Waals surface area (Å²) in [4.78, 5) is 26.5. The molecule has 0 spiro atoms. The molecule has 0 radical (unpaired) electrons. The molecule has 7 nitrogen and oxygen atoms in total. The van der Waals surface area contributed by atoms with Crippen molar-refractivity contribution in [1.82, 2.24) is 5.06 Å². The predicted octanol–water partition coefficient (Wildman–Crippen LogP) is 1.24. The summed E-state index contributed by atoms with van der Waals surface area (Å²) in [5.41, 5.74) is -0.107. The van der Waals surface area contributed by atoms with Crippen molar-refractivity contribution in [1.29, 1.82) is 0 Å². The number of hydrogen-bond acceptors (Lipinski definition) is 5. The quantitative estimate of drug-likeness (QED) is 0.584. The van der Waals surface area contributed by atoms with E-state index in [-0.39, 0.29) is 17.0 Å². The number of carbonyl (C=O) groups is 1. The average molecular weight is 240 g/mol. The van der Waals surface area contributed by atoms with E-state index in [1.165, 1.54) is 33.4 Å². The molecule has 0 saturated heterocycles. The first-order chi connectivity index (χ1) is 8.01. The third kappa shape index (κ3) is 2.70. The van der Waals surface area contributed by atoms with Gasteiger partial charge < -0.3 is 4.74 Å². The highest BCUT2D eigenvalue weighted by Gasteiger charge is 2.19. The Bertz CT molecular complexity index is 446. The molecular formula is C10H12N2O5. The lowest BCUT2D eigenvalue weighted by Crippen LogP contribution is -2.25. The molecule has 0 N–H and O–H groups in total. The lowest BCUT2D eigenvalue weighted by molar-refractivity contribution is -0.385. The molecule has 1 aromatic carbocycles. The highest BCUT2D eigenvalue weighted by molar-refractivity contribution is 5.94. The van der Waals surface area contributed by atoms with E-state index in [1.54, 1.807) is 0 Å². The highest BCUT2D eigenvalue weighted by Crippen LogP contribution is 2.27. The summed E-state index contributed by atoms with van der Waals surface area (Å²) < 4.78 is 4.83. The number of hydrogen-bond donors (Lipinski definition) is 0. The summed E-state index contributed by atoms with van der Waals surface area (Å²) in [6.45, 7) is 0. The Labute approximate surface area is 97.6 Å². The minimum Gasteiger partial charge on any atom is -0.490 e. The van der Waals surface area contributed by atoms with Crippen LogP contribution >= 0.6 is 0 Å². The fourth-order valence-corrected chi connectivity index (χ4v) is 1.23. The largest absolute Gasteiger partial charge is 0.490 e. The molecule has 0 unspecified atom stereocenters. The Morgan fingerprint density at radius 2 is 2.06 bits per heavy atom. The van der Waals surface area contributed by atoms with Gasteiger partial charge in [-0.1, -0.05) is 0 Å². The molecule has 0 aliphatic rings. The van der Waals surface area contributed by atoms with Crippen LogP contribution in [0, 0.1) is 10.1 Å². The maximum Gasteiger partial charge on any atom is 0.311 e. The van der Waals surface area contributed by atoms with E-state index in [0.717, 1.165) is 11.1 Å². The van der Waals surface area contributed by atoms with Crippen LogP contribution in [0.1, 0.15) is 10.4 Å². The van der Waals surface area contributed by atoms with Gasteiger partial charge in [0.15, 0.2) is 5.75 Å². The first-order valence-electron chi connectivity index (χ1n) is 4.65. The van der Waals surface area contributed by atoms with E-state index in [9.17, 15) is 14.9 Å². The van der Waals surface area contributed by atoms with Gasteiger partial charge in [0.25, 0.3) is 5.91 Å². The van der Waals surface area contributed by atoms with E-state index in [2.05, 4.69) is 0 Å². The van der Waals surface area contributed by atoms with Crippen LogP contribution in [0.3, 0.4) is 0 Å². The van der Waals surface area contributed by atoms with Gasteiger partial charge in [-0.15, -0.1) is 0 Å². The van der Waals surface area contributed by atoms with Crippen LogP contribution in [0.15, 0.2) is 18.2 Å². The Hall–Kier alpha value is -2.15. The van der Waals surface area contributed by atoms with Crippen molar-refractivity contribution in [2.75, 3.05) is 21.3 Å². The van der Waals surface area contributed by atoms with Crippen LogP contribution < -0.4 is 4.74 Å². The van der Waals surface area contributed by atoms with Gasteiger partial charge in [-0.2, -0.15) is 0 Å². The maximum absolute atomic E-state index is 11.7. The minimum absolute atomic E-state index is 0.103. The maximum atomic E-state index is 11.7. The van der Waals surface area contributed by atoms with Crippen molar-refractivity contribution in [2.45, 2.75) is 0 Å².